The van der Waals surface area contributed by atoms with E-state index in [4.69, 9.17) is 5.11 Å². The second-order valence-electron chi connectivity index (χ2n) is 4.95. The minimum atomic E-state index is -1.02. The summed E-state index contributed by atoms with van der Waals surface area (Å²) >= 11 is 1.58. The number of carboxylic acids is 1. The molecule has 0 radical (unpaired) electrons. The third kappa shape index (κ3) is 3.92. The van der Waals surface area contributed by atoms with Crippen molar-refractivity contribution in [1.82, 2.24) is 10.3 Å². The maximum absolute atomic E-state index is 12.1. The largest absolute Gasteiger partial charge is 0.478 e. The Labute approximate surface area is 133 Å². The number of hydrogen-bond donors (Lipinski definition) is 2. The first kappa shape index (κ1) is 16.2. The van der Waals surface area contributed by atoms with Crippen LogP contribution in [0.2, 0.25) is 0 Å². The maximum atomic E-state index is 12.1. The van der Waals surface area contributed by atoms with E-state index in [0.717, 1.165) is 17.1 Å². The predicted octanol–water partition coefficient (Wildman–Crippen LogP) is 2.82. The zero-order valence-electron chi connectivity index (χ0n) is 12.5. The first-order valence-corrected chi connectivity index (χ1v) is 7.94. The smallest absolute Gasteiger partial charge is 0.335 e. The van der Waals surface area contributed by atoms with Gasteiger partial charge in [-0.05, 0) is 25.0 Å². The van der Waals surface area contributed by atoms with Crippen LogP contribution in [0.15, 0.2) is 29.6 Å². The van der Waals surface area contributed by atoms with E-state index in [1.165, 1.54) is 6.07 Å². The van der Waals surface area contributed by atoms with Gasteiger partial charge in [-0.2, -0.15) is 0 Å². The number of aryl methyl sites for hydroxylation is 1. The summed E-state index contributed by atoms with van der Waals surface area (Å²) in [6.07, 6.45) is 0.912. The minimum absolute atomic E-state index is 0.0393. The van der Waals surface area contributed by atoms with Crippen molar-refractivity contribution in [2.75, 3.05) is 0 Å². The fraction of sp³-hybridized carbons (Fsp3) is 0.312. The molecule has 1 atom stereocenters. The second-order valence-corrected chi connectivity index (χ2v) is 5.89. The molecular formula is C16H18N2O3S. The zero-order valence-corrected chi connectivity index (χ0v) is 13.3. The van der Waals surface area contributed by atoms with Crippen molar-refractivity contribution in [1.29, 1.82) is 0 Å². The van der Waals surface area contributed by atoms with Crippen LogP contribution in [-0.4, -0.2) is 22.0 Å². The molecule has 0 aliphatic rings. The molecule has 1 unspecified atom stereocenters. The van der Waals surface area contributed by atoms with E-state index in [1.807, 2.05) is 19.2 Å². The summed E-state index contributed by atoms with van der Waals surface area (Å²) in [6.45, 7) is 3.91. The Morgan fingerprint density at radius 2 is 2.09 bits per heavy atom. The number of aromatic carboxylic acids is 1. The summed E-state index contributed by atoms with van der Waals surface area (Å²) in [5, 5.41) is 15.0. The highest BCUT2D eigenvalue weighted by Crippen LogP contribution is 2.17. The normalized spacial score (nSPS) is 11.9. The van der Waals surface area contributed by atoms with Crippen LogP contribution < -0.4 is 5.32 Å². The number of carbonyl (C=O) groups excluding carboxylic acids is 1. The van der Waals surface area contributed by atoms with Crippen molar-refractivity contribution in [2.24, 2.45) is 0 Å². The number of rotatable bonds is 6. The van der Waals surface area contributed by atoms with E-state index in [-0.39, 0.29) is 23.9 Å². The molecule has 1 aromatic heterocycles. The molecule has 22 heavy (non-hydrogen) atoms. The van der Waals surface area contributed by atoms with Gasteiger partial charge in [0.15, 0.2) is 0 Å². The van der Waals surface area contributed by atoms with Crippen molar-refractivity contribution in [3.63, 3.8) is 0 Å². The van der Waals surface area contributed by atoms with Gasteiger partial charge in [0, 0.05) is 5.38 Å². The van der Waals surface area contributed by atoms with Crippen LogP contribution >= 0.6 is 11.3 Å². The van der Waals surface area contributed by atoms with Gasteiger partial charge < -0.3 is 10.4 Å². The number of thiazole rings is 1. The second kappa shape index (κ2) is 7.17. The van der Waals surface area contributed by atoms with Gasteiger partial charge in [0.05, 0.1) is 28.7 Å². The van der Waals surface area contributed by atoms with Gasteiger partial charge in [-0.3, -0.25) is 4.79 Å². The number of nitrogens with one attached hydrogen (secondary N) is 1. The highest BCUT2D eigenvalue weighted by atomic mass is 32.1. The summed E-state index contributed by atoms with van der Waals surface area (Å²) in [5.74, 6) is -1.24. The molecule has 1 heterocycles. The Morgan fingerprint density at radius 3 is 2.73 bits per heavy atom. The summed E-state index contributed by atoms with van der Waals surface area (Å²) in [5.41, 5.74) is 1.50. The number of benzene rings is 1. The summed E-state index contributed by atoms with van der Waals surface area (Å²) in [7, 11) is 0. The molecule has 0 aliphatic carbocycles. The lowest BCUT2D eigenvalue weighted by Crippen LogP contribution is -2.28. The van der Waals surface area contributed by atoms with E-state index in [0.29, 0.717) is 5.56 Å². The Kier molecular flexibility index (Phi) is 5.27. The van der Waals surface area contributed by atoms with Gasteiger partial charge in [-0.25, -0.2) is 9.78 Å². The van der Waals surface area contributed by atoms with Crippen LogP contribution in [-0.2, 0) is 17.6 Å². The molecule has 5 nitrogen and oxygen atoms in total. The summed E-state index contributed by atoms with van der Waals surface area (Å²) < 4.78 is 0. The topological polar surface area (TPSA) is 79.3 Å². The van der Waals surface area contributed by atoms with Crippen LogP contribution in [0.3, 0.4) is 0 Å². The van der Waals surface area contributed by atoms with Crippen LogP contribution in [0.4, 0.5) is 0 Å². The van der Waals surface area contributed by atoms with Gasteiger partial charge in [0.1, 0.15) is 0 Å². The zero-order chi connectivity index (χ0) is 16.1. The van der Waals surface area contributed by atoms with Gasteiger partial charge >= 0.3 is 5.97 Å². The molecule has 1 aromatic carbocycles. The van der Waals surface area contributed by atoms with Crippen LogP contribution in [0.1, 0.15) is 46.5 Å². The van der Waals surface area contributed by atoms with Gasteiger partial charge in [-0.15, -0.1) is 11.3 Å². The third-order valence-electron chi connectivity index (χ3n) is 3.29. The predicted molar refractivity (Wildman–Crippen MR) is 85.2 cm³/mol. The molecule has 116 valence electrons. The summed E-state index contributed by atoms with van der Waals surface area (Å²) in [4.78, 5) is 27.7. The van der Waals surface area contributed by atoms with E-state index in [1.54, 1.807) is 29.5 Å². The average molecular weight is 318 g/mol. The van der Waals surface area contributed by atoms with Crippen LogP contribution in [0, 0.1) is 0 Å². The lowest BCUT2D eigenvalue weighted by atomic mass is 10.0. The number of nitrogens with zero attached hydrogens (tertiary/aromatic N) is 1. The maximum Gasteiger partial charge on any atom is 0.335 e. The van der Waals surface area contributed by atoms with Gasteiger partial charge in [0.2, 0.25) is 5.91 Å². The number of carbonyl (C=O) groups is 2. The number of carboxylic acid groups (broad SMARTS) is 1. The molecule has 2 aromatic rings. The van der Waals surface area contributed by atoms with E-state index >= 15 is 0 Å². The first-order chi connectivity index (χ1) is 10.5. The molecule has 0 saturated carbocycles. The molecule has 0 bridgehead atoms. The van der Waals surface area contributed by atoms with E-state index in [2.05, 4.69) is 10.3 Å². The fourth-order valence-corrected chi connectivity index (χ4v) is 2.95. The minimum Gasteiger partial charge on any atom is -0.478 e. The molecule has 2 N–H and O–H groups in total. The number of aromatic nitrogens is 1. The van der Waals surface area contributed by atoms with Crippen molar-refractivity contribution < 1.29 is 14.7 Å². The number of amides is 1. The van der Waals surface area contributed by atoms with Crippen LogP contribution in [0.5, 0.6) is 0 Å². The molecular weight excluding hydrogens is 300 g/mol. The quantitative estimate of drug-likeness (QED) is 0.858. The van der Waals surface area contributed by atoms with E-state index in [9.17, 15) is 9.59 Å². The van der Waals surface area contributed by atoms with Gasteiger partial charge in [-0.1, -0.05) is 25.1 Å². The Hall–Kier alpha value is -2.21. The van der Waals surface area contributed by atoms with Crippen molar-refractivity contribution >= 4 is 23.2 Å². The fourth-order valence-electron chi connectivity index (χ4n) is 2.11. The van der Waals surface area contributed by atoms with Crippen molar-refractivity contribution in [3.8, 4) is 0 Å². The average Bonchev–Trinajstić information content (AvgIpc) is 2.96. The van der Waals surface area contributed by atoms with Gasteiger partial charge in [0.25, 0.3) is 0 Å². The molecule has 1 amide bonds. The Bertz CT molecular complexity index is 682. The monoisotopic (exact) mass is 318 g/mol. The molecule has 0 aliphatic heterocycles. The summed E-state index contributed by atoms with van der Waals surface area (Å²) in [6, 6.07) is 6.34. The SMILES string of the molecule is CCc1nc(C(C)NC(=O)Cc2ccccc2C(=O)O)cs1. The van der Waals surface area contributed by atoms with Crippen LogP contribution in [0.25, 0.3) is 0 Å². The molecule has 0 spiro atoms. The van der Waals surface area contributed by atoms with Crippen molar-refractivity contribution in [2.45, 2.75) is 32.7 Å². The molecule has 0 fully saturated rings. The molecule has 0 saturated heterocycles. The molecule has 2 rings (SSSR count). The lowest BCUT2D eigenvalue weighted by molar-refractivity contribution is -0.121. The Morgan fingerprint density at radius 1 is 1.36 bits per heavy atom. The van der Waals surface area contributed by atoms with E-state index < -0.39 is 5.97 Å². The highest BCUT2D eigenvalue weighted by Gasteiger charge is 2.16. The third-order valence-corrected chi connectivity index (χ3v) is 4.30. The standard InChI is InChI=1S/C16H18N2O3S/c1-3-15-18-13(9-22-15)10(2)17-14(19)8-11-6-4-5-7-12(11)16(20)21/h4-7,9-10H,3,8H2,1-2H3,(H,17,19)(H,20,21). The van der Waals surface area contributed by atoms with Crippen molar-refractivity contribution in [3.05, 3.63) is 51.5 Å². The Balaban J connectivity index is 2.02. The highest BCUT2D eigenvalue weighted by molar-refractivity contribution is 7.09. The number of hydrogen-bond acceptors (Lipinski definition) is 4. The molecule has 6 heteroatoms. The first-order valence-electron chi connectivity index (χ1n) is 7.06. The lowest BCUT2D eigenvalue weighted by Gasteiger charge is -2.12.